The molecule has 1 aliphatic heterocycles. The predicted octanol–water partition coefficient (Wildman–Crippen LogP) is 6.61. The first-order chi connectivity index (χ1) is 15.2. The van der Waals surface area contributed by atoms with Gasteiger partial charge in [-0.1, -0.05) is 68.8 Å². The van der Waals surface area contributed by atoms with Gasteiger partial charge >= 0.3 is 0 Å². The summed E-state index contributed by atoms with van der Waals surface area (Å²) in [6.45, 7) is 6.41. The summed E-state index contributed by atoms with van der Waals surface area (Å²) in [5, 5.41) is 0. The lowest BCUT2D eigenvalue weighted by Crippen LogP contribution is -2.33. The van der Waals surface area contributed by atoms with Crippen LogP contribution in [-0.2, 0) is 19.4 Å². The summed E-state index contributed by atoms with van der Waals surface area (Å²) in [7, 11) is 1.78. The maximum absolute atomic E-state index is 5.87. The molecule has 0 aliphatic carbocycles. The lowest BCUT2D eigenvalue weighted by atomic mass is 9.93. The first-order valence-electron chi connectivity index (χ1n) is 11.7. The van der Waals surface area contributed by atoms with Gasteiger partial charge in [0.25, 0.3) is 0 Å². The van der Waals surface area contributed by atoms with Crippen molar-refractivity contribution in [1.29, 1.82) is 0 Å². The molecule has 0 radical (unpaired) electrons. The van der Waals surface area contributed by atoms with Gasteiger partial charge in [0.15, 0.2) is 0 Å². The van der Waals surface area contributed by atoms with E-state index in [2.05, 4.69) is 73.3 Å². The number of piperidine rings is 1. The maximum atomic E-state index is 5.87. The molecule has 0 bridgehead atoms. The van der Waals surface area contributed by atoms with E-state index in [0.29, 0.717) is 6.04 Å². The Morgan fingerprint density at radius 2 is 1.68 bits per heavy atom. The molecule has 2 heterocycles. The monoisotopic (exact) mass is 414 g/mol. The third-order valence-electron chi connectivity index (χ3n) is 6.59. The van der Waals surface area contributed by atoms with Gasteiger partial charge in [-0.05, 0) is 48.9 Å². The molecule has 0 N–H and O–H groups in total. The average Bonchev–Trinajstić information content (AvgIpc) is 2.84. The number of hydrogen-bond acceptors (Lipinski definition) is 3. The van der Waals surface area contributed by atoms with Crippen LogP contribution in [0, 0.1) is 0 Å². The SMILES string of the molecule is CCc1cccc(CC)c1-c1cc(OC)c(CN2CCCCC2c2ccccc2)cn1. The van der Waals surface area contributed by atoms with Crippen LogP contribution in [0.3, 0.4) is 0 Å². The third-order valence-corrected chi connectivity index (χ3v) is 6.59. The number of methoxy groups -OCH3 is 1. The number of likely N-dealkylation sites (tertiary alicyclic amines) is 1. The molecule has 1 unspecified atom stereocenters. The fraction of sp³-hybridized carbons (Fsp3) is 0.393. The molecule has 0 spiro atoms. The van der Waals surface area contributed by atoms with Crippen LogP contribution in [0.4, 0.5) is 0 Å². The van der Waals surface area contributed by atoms with Crippen LogP contribution in [0.5, 0.6) is 5.75 Å². The Balaban J connectivity index is 1.65. The highest BCUT2D eigenvalue weighted by molar-refractivity contribution is 5.69. The quantitative estimate of drug-likeness (QED) is 0.435. The van der Waals surface area contributed by atoms with Crippen molar-refractivity contribution in [1.82, 2.24) is 9.88 Å². The number of ether oxygens (including phenoxy) is 1. The molecule has 3 nitrogen and oxygen atoms in total. The van der Waals surface area contributed by atoms with Gasteiger partial charge in [0, 0.05) is 36.0 Å². The first-order valence-corrected chi connectivity index (χ1v) is 11.7. The van der Waals surface area contributed by atoms with Crippen molar-refractivity contribution in [3.63, 3.8) is 0 Å². The van der Waals surface area contributed by atoms with E-state index in [9.17, 15) is 0 Å². The first kappa shape index (κ1) is 21.6. The van der Waals surface area contributed by atoms with Gasteiger partial charge in [0.1, 0.15) is 5.75 Å². The van der Waals surface area contributed by atoms with E-state index >= 15 is 0 Å². The second kappa shape index (κ2) is 10.1. The van der Waals surface area contributed by atoms with Crippen molar-refractivity contribution >= 4 is 0 Å². The number of pyridine rings is 1. The lowest BCUT2D eigenvalue weighted by molar-refractivity contribution is 0.139. The smallest absolute Gasteiger partial charge is 0.127 e. The van der Waals surface area contributed by atoms with Crippen molar-refractivity contribution in [3.05, 3.63) is 83.0 Å². The van der Waals surface area contributed by atoms with Gasteiger partial charge in [-0.3, -0.25) is 9.88 Å². The topological polar surface area (TPSA) is 25.4 Å². The summed E-state index contributed by atoms with van der Waals surface area (Å²) in [4.78, 5) is 7.52. The highest BCUT2D eigenvalue weighted by atomic mass is 16.5. The molecule has 1 aromatic heterocycles. The number of aryl methyl sites for hydroxylation is 2. The largest absolute Gasteiger partial charge is 0.496 e. The number of nitrogens with zero attached hydrogens (tertiary/aromatic N) is 2. The zero-order valence-electron chi connectivity index (χ0n) is 19.1. The average molecular weight is 415 g/mol. The van der Waals surface area contributed by atoms with Gasteiger partial charge in [0.2, 0.25) is 0 Å². The van der Waals surface area contributed by atoms with E-state index in [0.717, 1.165) is 37.4 Å². The summed E-state index contributed by atoms with van der Waals surface area (Å²) in [5.74, 6) is 0.940. The molecular weight excluding hydrogens is 380 g/mol. The molecule has 31 heavy (non-hydrogen) atoms. The Bertz CT molecular complexity index is 977. The fourth-order valence-corrected chi connectivity index (χ4v) is 4.93. The molecule has 0 saturated carbocycles. The predicted molar refractivity (Wildman–Crippen MR) is 128 cm³/mol. The van der Waals surface area contributed by atoms with Crippen LogP contribution in [-0.4, -0.2) is 23.5 Å². The summed E-state index contributed by atoms with van der Waals surface area (Å²) in [5.41, 5.74) is 7.57. The Hall–Kier alpha value is -2.65. The molecule has 1 fully saturated rings. The van der Waals surface area contributed by atoms with E-state index in [1.165, 1.54) is 47.1 Å². The van der Waals surface area contributed by atoms with Gasteiger partial charge in [-0.15, -0.1) is 0 Å². The minimum absolute atomic E-state index is 0.465. The zero-order chi connectivity index (χ0) is 21.6. The van der Waals surface area contributed by atoms with Crippen molar-refractivity contribution < 1.29 is 4.74 Å². The van der Waals surface area contributed by atoms with Gasteiger partial charge < -0.3 is 4.74 Å². The second-order valence-electron chi connectivity index (χ2n) is 8.43. The Labute approximate surface area is 187 Å². The van der Waals surface area contributed by atoms with Gasteiger partial charge in [-0.25, -0.2) is 0 Å². The van der Waals surface area contributed by atoms with Crippen LogP contribution in [0.1, 0.15) is 61.4 Å². The van der Waals surface area contributed by atoms with E-state index in [1.54, 1.807) is 7.11 Å². The van der Waals surface area contributed by atoms with E-state index in [-0.39, 0.29) is 0 Å². The number of rotatable bonds is 7. The molecule has 162 valence electrons. The van der Waals surface area contributed by atoms with Crippen LogP contribution in [0.15, 0.2) is 60.8 Å². The van der Waals surface area contributed by atoms with Crippen molar-refractivity contribution in [2.45, 2.75) is 58.5 Å². The maximum Gasteiger partial charge on any atom is 0.127 e. The molecule has 1 aliphatic rings. The second-order valence-corrected chi connectivity index (χ2v) is 8.43. The van der Waals surface area contributed by atoms with E-state index in [4.69, 9.17) is 9.72 Å². The van der Waals surface area contributed by atoms with Gasteiger partial charge in [0.05, 0.1) is 12.8 Å². The van der Waals surface area contributed by atoms with E-state index in [1.807, 2.05) is 6.20 Å². The summed E-state index contributed by atoms with van der Waals surface area (Å²) in [6, 6.07) is 20.1. The van der Waals surface area contributed by atoms with E-state index < -0.39 is 0 Å². The van der Waals surface area contributed by atoms with Crippen molar-refractivity contribution in [3.8, 4) is 17.0 Å². The molecule has 1 atom stereocenters. The molecular formula is C28H34N2O. The molecule has 4 rings (SSSR count). The fourth-order valence-electron chi connectivity index (χ4n) is 4.93. The third kappa shape index (κ3) is 4.67. The van der Waals surface area contributed by atoms with Crippen LogP contribution in [0.25, 0.3) is 11.3 Å². The standard InChI is InChI=1S/C28H34N2O/c1-4-21-14-11-15-22(5-2)28(21)25-18-27(31-3)24(19-29-25)20-30-17-10-9-16-26(30)23-12-7-6-8-13-23/h6-8,11-15,18-19,26H,4-5,9-10,16-17,20H2,1-3H3. The number of benzene rings is 2. The molecule has 3 heteroatoms. The Morgan fingerprint density at radius 3 is 2.35 bits per heavy atom. The Kier molecular flexibility index (Phi) is 7.03. The minimum Gasteiger partial charge on any atom is -0.496 e. The minimum atomic E-state index is 0.465. The highest BCUT2D eigenvalue weighted by Crippen LogP contribution is 2.35. The van der Waals surface area contributed by atoms with Gasteiger partial charge in [-0.2, -0.15) is 0 Å². The molecule has 1 saturated heterocycles. The zero-order valence-corrected chi connectivity index (χ0v) is 19.1. The summed E-state index contributed by atoms with van der Waals surface area (Å²) in [6.07, 6.45) is 7.79. The van der Waals surface area contributed by atoms with Crippen LogP contribution in [0.2, 0.25) is 0 Å². The summed E-state index contributed by atoms with van der Waals surface area (Å²) < 4.78 is 5.87. The van der Waals surface area contributed by atoms with Crippen LogP contribution >= 0.6 is 0 Å². The highest BCUT2D eigenvalue weighted by Gasteiger charge is 2.25. The normalized spacial score (nSPS) is 16.9. The molecule has 2 aromatic carbocycles. The number of aromatic nitrogens is 1. The summed E-state index contributed by atoms with van der Waals surface area (Å²) >= 11 is 0. The lowest BCUT2D eigenvalue weighted by Gasteiger charge is -2.36. The Morgan fingerprint density at radius 1 is 0.935 bits per heavy atom. The number of hydrogen-bond donors (Lipinski definition) is 0. The van der Waals surface area contributed by atoms with Crippen LogP contribution < -0.4 is 4.74 Å². The molecule has 3 aromatic rings. The van der Waals surface area contributed by atoms with Crippen molar-refractivity contribution in [2.75, 3.05) is 13.7 Å². The van der Waals surface area contributed by atoms with Crippen molar-refractivity contribution in [2.24, 2.45) is 0 Å². The molecule has 0 amide bonds.